The predicted molar refractivity (Wildman–Crippen MR) is 60.6 cm³/mol. The maximum Gasteiger partial charge on any atom is 0.240 e. The predicted octanol–water partition coefficient (Wildman–Crippen LogP) is 0.634. The van der Waals surface area contributed by atoms with Crippen LogP contribution in [-0.2, 0) is 4.79 Å². The normalized spacial score (nSPS) is 28.8. The lowest BCUT2D eigenvalue weighted by molar-refractivity contribution is -0.121. The zero-order chi connectivity index (χ0) is 13.3. The number of Topliss-reactive ketones (excluding diaryl/α,β-unsaturated/α-hetero) is 1. The summed E-state index contributed by atoms with van der Waals surface area (Å²) in [6.07, 6.45) is 0. The third kappa shape index (κ3) is 1.38. The largest absolute Gasteiger partial charge is 0.368 e. The van der Waals surface area contributed by atoms with E-state index in [1.165, 1.54) is 0 Å². The number of nitrogens with zero attached hydrogens (tertiary/aromatic N) is 2. The van der Waals surface area contributed by atoms with Crippen molar-refractivity contribution in [2.75, 3.05) is 0 Å². The summed E-state index contributed by atoms with van der Waals surface area (Å²) in [5, 5.41) is 18.0. The van der Waals surface area contributed by atoms with Crippen LogP contribution in [0.3, 0.4) is 0 Å². The van der Waals surface area contributed by atoms with Gasteiger partial charge in [0.05, 0.1) is 24.0 Å². The van der Waals surface area contributed by atoms with Gasteiger partial charge >= 0.3 is 0 Å². The van der Waals surface area contributed by atoms with Crippen molar-refractivity contribution in [3.63, 3.8) is 0 Å². The third-order valence-corrected chi connectivity index (χ3v) is 3.28. The standard InChI is InChI=1S/C13H9N3O2/c14-6-9-10(13(9,7-15)12(16)18)11(17)8-4-2-1-3-5-8/h1-5,9-10H,(H2,16,18). The molecule has 88 valence electrons. The molecule has 1 aromatic carbocycles. The minimum absolute atomic E-state index is 0.376. The molecule has 18 heavy (non-hydrogen) atoms. The van der Waals surface area contributed by atoms with Gasteiger partial charge in [0, 0.05) is 5.56 Å². The first-order chi connectivity index (χ1) is 8.59. The van der Waals surface area contributed by atoms with E-state index in [2.05, 4.69) is 0 Å². The fourth-order valence-corrected chi connectivity index (χ4v) is 2.21. The maximum atomic E-state index is 12.1. The van der Waals surface area contributed by atoms with E-state index < -0.39 is 23.2 Å². The van der Waals surface area contributed by atoms with Crippen LogP contribution in [0.5, 0.6) is 0 Å². The van der Waals surface area contributed by atoms with E-state index in [0.717, 1.165) is 0 Å². The molecule has 3 unspecified atom stereocenters. The molecule has 0 bridgehead atoms. The molecule has 2 N–H and O–H groups in total. The molecule has 0 saturated heterocycles. The van der Waals surface area contributed by atoms with Crippen LogP contribution >= 0.6 is 0 Å². The Labute approximate surface area is 103 Å². The monoisotopic (exact) mass is 239 g/mol. The van der Waals surface area contributed by atoms with Crippen molar-refractivity contribution < 1.29 is 9.59 Å². The highest BCUT2D eigenvalue weighted by molar-refractivity contribution is 6.07. The Balaban J connectivity index is 2.38. The first-order valence-corrected chi connectivity index (χ1v) is 5.29. The molecular formula is C13H9N3O2. The van der Waals surface area contributed by atoms with E-state index in [0.29, 0.717) is 5.56 Å². The van der Waals surface area contributed by atoms with Gasteiger partial charge in [0.25, 0.3) is 0 Å². The van der Waals surface area contributed by atoms with Crippen molar-refractivity contribution in [2.45, 2.75) is 0 Å². The molecule has 0 aliphatic heterocycles. The fourth-order valence-electron chi connectivity index (χ4n) is 2.21. The van der Waals surface area contributed by atoms with Crippen LogP contribution in [0.2, 0.25) is 0 Å². The zero-order valence-corrected chi connectivity index (χ0v) is 9.33. The molecule has 0 radical (unpaired) electrons. The highest BCUT2D eigenvalue weighted by atomic mass is 16.2. The molecule has 5 heteroatoms. The van der Waals surface area contributed by atoms with Crippen LogP contribution in [0.4, 0.5) is 0 Å². The van der Waals surface area contributed by atoms with Crippen LogP contribution in [0.25, 0.3) is 0 Å². The number of amides is 1. The van der Waals surface area contributed by atoms with Crippen molar-refractivity contribution in [3.8, 4) is 12.1 Å². The summed E-state index contributed by atoms with van der Waals surface area (Å²) in [6.45, 7) is 0. The van der Waals surface area contributed by atoms with E-state index in [1.807, 2.05) is 6.07 Å². The minimum Gasteiger partial charge on any atom is -0.368 e. The summed E-state index contributed by atoms with van der Waals surface area (Å²) in [6, 6.07) is 11.8. The quantitative estimate of drug-likeness (QED) is 0.780. The molecule has 1 aliphatic rings. The van der Waals surface area contributed by atoms with Gasteiger partial charge in [-0.15, -0.1) is 0 Å². The first kappa shape index (κ1) is 11.8. The first-order valence-electron chi connectivity index (χ1n) is 5.29. The molecule has 1 amide bonds. The Bertz CT molecular complexity index is 597. The third-order valence-electron chi connectivity index (χ3n) is 3.28. The van der Waals surface area contributed by atoms with Gasteiger partial charge in [-0.05, 0) is 0 Å². The lowest BCUT2D eigenvalue weighted by Gasteiger charge is -2.02. The Morgan fingerprint density at radius 3 is 2.22 bits per heavy atom. The number of ketones is 1. The Hall–Kier alpha value is -2.66. The highest BCUT2D eigenvalue weighted by Crippen LogP contribution is 2.59. The van der Waals surface area contributed by atoms with Crippen molar-refractivity contribution in [1.29, 1.82) is 10.5 Å². The topological polar surface area (TPSA) is 108 Å². The van der Waals surface area contributed by atoms with Crippen LogP contribution in [0.15, 0.2) is 30.3 Å². The highest BCUT2D eigenvalue weighted by Gasteiger charge is 2.73. The average Bonchev–Trinajstić information content (AvgIpc) is 3.08. The molecule has 2 rings (SSSR count). The number of nitrogens with two attached hydrogens (primary N) is 1. The van der Waals surface area contributed by atoms with E-state index in [4.69, 9.17) is 16.3 Å². The molecule has 1 saturated carbocycles. The van der Waals surface area contributed by atoms with E-state index >= 15 is 0 Å². The minimum atomic E-state index is -1.67. The van der Waals surface area contributed by atoms with Crippen LogP contribution in [0.1, 0.15) is 10.4 Å². The lowest BCUT2D eigenvalue weighted by Crippen LogP contribution is -2.28. The van der Waals surface area contributed by atoms with Gasteiger partial charge in [-0.1, -0.05) is 30.3 Å². The van der Waals surface area contributed by atoms with Gasteiger partial charge in [0.2, 0.25) is 5.91 Å². The smallest absolute Gasteiger partial charge is 0.240 e. The molecule has 0 aromatic heterocycles. The molecule has 0 spiro atoms. The van der Waals surface area contributed by atoms with Crippen molar-refractivity contribution >= 4 is 11.7 Å². The van der Waals surface area contributed by atoms with Crippen molar-refractivity contribution in [3.05, 3.63) is 35.9 Å². The summed E-state index contributed by atoms with van der Waals surface area (Å²) in [5.74, 6) is -3.20. The molecular weight excluding hydrogens is 230 g/mol. The number of benzene rings is 1. The second-order valence-corrected chi connectivity index (χ2v) is 4.16. The summed E-state index contributed by atoms with van der Waals surface area (Å²) >= 11 is 0. The van der Waals surface area contributed by atoms with Gasteiger partial charge in [-0.3, -0.25) is 9.59 Å². The second-order valence-electron chi connectivity index (χ2n) is 4.16. The van der Waals surface area contributed by atoms with Crippen LogP contribution in [0, 0.1) is 39.9 Å². The summed E-state index contributed by atoms with van der Waals surface area (Å²) in [4.78, 5) is 23.5. The number of carbonyl (C=O) groups excluding carboxylic acids is 2. The van der Waals surface area contributed by atoms with E-state index in [-0.39, 0.29) is 5.78 Å². The number of primary amides is 1. The number of rotatable bonds is 3. The van der Waals surface area contributed by atoms with Gasteiger partial charge < -0.3 is 5.73 Å². The van der Waals surface area contributed by atoms with Gasteiger partial charge in [-0.2, -0.15) is 10.5 Å². The summed E-state index contributed by atoms with van der Waals surface area (Å²) in [5.41, 5.74) is 3.86. The average molecular weight is 239 g/mol. The molecule has 1 aliphatic carbocycles. The molecule has 0 heterocycles. The van der Waals surface area contributed by atoms with Gasteiger partial charge in [0.1, 0.15) is 0 Å². The zero-order valence-electron chi connectivity index (χ0n) is 9.33. The second kappa shape index (κ2) is 3.97. The van der Waals surface area contributed by atoms with Crippen LogP contribution in [-0.4, -0.2) is 11.7 Å². The summed E-state index contributed by atoms with van der Waals surface area (Å²) < 4.78 is 0. The van der Waals surface area contributed by atoms with Crippen molar-refractivity contribution in [2.24, 2.45) is 23.0 Å². The number of hydrogen-bond acceptors (Lipinski definition) is 4. The molecule has 1 fully saturated rings. The van der Waals surface area contributed by atoms with E-state index in [9.17, 15) is 9.59 Å². The number of carbonyl (C=O) groups is 2. The molecule has 1 aromatic rings. The van der Waals surface area contributed by atoms with E-state index in [1.54, 1.807) is 36.4 Å². The van der Waals surface area contributed by atoms with Crippen molar-refractivity contribution in [1.82, 2.24) is 0 Å². The number of nitriles is 2. The molecule has 3 atom stereocenters. The lowest BCUT2D eigenvalue weighted by atomic mass is 9.99. The Morgan fingerprint density at radius 1 is 1.22 bits per heavy atom. The summed E-state index contributed by atoms with van der Waals surface area (Å²) in [7, 11) is 0. The van der Waals surface area contributed by atoms with Crippen LogP contribution < -0.4 is 5.73 Å². The van der Waals surface area contributed by atoms with Gasteiger partial charge in [0.15, 0.2) is 11.2 Å². The SMILES string of the molecule is N#CC1C(C(=O)c2ccccc2)C1(C#N)C(N)=O. The number of hydrogen-bond donors (Lipinski definition) is 1. The fraction of sp³-hybridized carbons (Fsp3) is 0.231. The molecule has 5 nitrogen and oxygen atoms in total. The Kier molecular flexibility index (Phi) is 2.61. The Morgan fingerprint density at radius 2 is 1.83 bits per heavy atom. The van der Waals surface area contributed by atoms with Gasteiger partial charge in [-0.25, -0.2) is 0 Å². The maximum absolute atomic E-state index is 12.1.